The summed E-state index contributed by atoms with van der Waals surface area (Å²) in [6, 6.07) is 0. The van der Waals surface area contributed by atoms with E-state index in [2.05, 4.69) is 19.6 Å². The van der Waals surface area contributed by atoms with E-state index in [-0.39, 0.29) is 6.15 Å². The van der Waals surface area contributed by atoms with Crippen molar-refractivity contribution in [1.82, 2.24) is 6.15 Å². The molecule has 1 aliphatic rings. The molecule has 2 heteroatoms. The monoisotopic (exact) mass is 105 g/mol. The van der Waals surface area contributed by atoms with Gasteiger partial charge in [0.25, 0.3) is 0 Å². The Balaban J connectivity index is 0.000000250. The number of hydrogen-bond donors (Lipinski definition) is 2. The van der Waals surface area contributed by atoms with Crippen LogP contribution in [0.5, 0.6) is 0 Å². The fourth-order valence-electron chi connectivity index (χ4n) is 0.302. The van der Waals surface area contributed by atoms with Crippen LogP contribution < -0.4 is 6.15 Å². The van der Waals surface area contributed by atoms with Gasteiger partial charge >= 0.3 is 0 Å². The van der Waals surface area contributed by atoms with Gasteiger partial charge in [0, 0.05) is 5.25 Å². The zero-order valence-electron chi connectivity index (χ0n) is 4.02. The van der Waals surface area contributed by atoms with Crippen LogP contribution in [0.15, 0.2) is 0 Å². The molecule has 2 atom stereocenters. The second-order valence-corrected chi connectivity index (χ2v) is 2.44. The van der Waals surface area contributed by atoms with E-state index >= 15 is 0 Å². The molecule has 1 nitrogen and oxygen atoms in total. The lowest BCUT2D eigenvalue weighted by Crippen LogP contribution is -1.61. The summed E-state index contributed by atoms with van der Waals surface area (Å²) in [5, 5.41) is 0.745. The molecular formula is C4H11NS. The first-order valence-corrected chi connectivity index (χ1v) is 2.50. The SMILES string of the molecule is CC1CC1S.N. The van der Waals surface area contributed by atoms with Crippen molar-refractivity contribution in [1.29, 1.82) is 0 Å². The van der Waals surface area contributed by atoms with Crippen LogP contribution in [-0.2, 0) is 0 Å². The van der Waals surface area contributed by atoms with Gasteiger partial charge in [0.2, 0.25) is 0 Å². The largest absolute Gasteiger partial charge is 0.344 e. The molecule has 1 saturated carbocycles. The van der Waals surface area contributed by atoms with Gasteiger partial charge in [-0.1, -0.05) is 6.92 Å². The van der Waals surface area contributed by atoms with Crippen molar-refractivity contribution in [2.24, 2.45) is 5.92 Å². The summed E-state index contributed by atoms with van der Waals surface area (Å²) in [7, 11) is 0. The molecule has 6 heavy (non-hydrogen) atoms. The highest BCUT2D eigenvalue weighted by atomic mass is 32.1. The van der Waals surface area contributed by atoms with Crippen LogP contribution in [0.3, 0.4) is 0 Å². The maximum absolute atomic E-state index is 4.17. The highest BCUT2D eigenvalue weighted by molar-refractivity contribution is 7.81. The van der Waals surface area contributed by atoms with Crippen LogP contribution >= 0.6 is 12.6 Å². The Hall–Kier alpha value is 0.310. The van der Waals surface area contributed by atoms with Gasteiger partial charge in [-0.05, 0) is 12.3 Å². The minimum atomic E-state index is 0. The van der Waals surface area contributed by atoms with Gasteiger partial charge in [0.1, 0.15) is 0 Å². The molecule has 0 saturated heterocycles. The summed E-state index contributed by atoms with van der Waals surface area (Å²) in [6.07, 6.45) is 1.34. The Morgan fingerprint density at radius 2 is 1.83 bits per heavy atom. The second kappa shape index (κ2) is 1.85. The van der Waals surface area contributed by atoms with E-state index in [1.165, 1.54) is 6.42 Å². The van der Waals surface area contributed by atoms with Gasteiger partial charge in [-0.15, -0.1) is 0 Å². The van der Waals surface area contributed by atoms with Crippen LogP contribution in [0.25, 0.3) is 0 Å². The van der Waals surface area contributed by atoms with Crippen molar-refractivity contribution in [3.63, 3.8) is 0 Å². The molecule has 0 spiro atoms. The van der Waals surface area contributed by atoms with Crippen molar-refractivity contribution in [3.8, 4) is 0 Å². The smallest absolute Gasteiger partial charge is 0.00457 e. The van der Waals surface area contributed by atoms with Gasteiger partial charge in [-0.2, -0.15) is 12.6 Å². The Kier molecular flexibility index (Phi) is 1.94. The molecule has 1 fully saturated rings. The van der Waals surface area contributed by atoms with Gasteiger partial charge in [-0.25, -0.2) is 0 Å². The van der Waals surface area contributed by atoms with Crippen LogP contribution in [-0.4, -0.2) is 5.25 Å². The van der Waals surface area contributed by atoms with Crippen molar-refractivity contribution in [3.05, 3.63) is 0 Å². The fraction of sp³-hybridized carbons (Fsp3) is 1.00. The lowest BCUT2D eigenvalue weighted by atomic mass is 10.5. The molecule has 2 unspecified atom stereocenters. The van der Waals surface area contributed by atoms with Crippen molar-refractivity contribution < 1.29 is 0 Å². The van der Waals surface area contributed by atoms with E-state index < -0.39 is 0 Å². The zero-order valence-corrected chi connectivity index (χ0v) is 4.91. The molecule has 0 bridgehead atoms. The summed E-state index contributed by atoms with van der Waals surface area (Å²) in [5.41, 5.74) is 0. The first-order valence-electron chi connectivity index (χ1n) is 1.99. The average Bonchev–Trinajstić information content (AvgIpc) is 1.79. The predicted molar refractivity (Wildman–Crippen MR) is 31.6 cm³/mol. The Labute approximate surface area is 44.1 Å². The normalized spacial score (nSPS) is 41.0. The minimum absolute atomic E-state index is 0. The van der Waals surface area contributed by atoms with E-state index in [1.807, 2.05) is 0 Å². The summed E-state index contributed by atoms with van der Waals surface area (Å²) in [4.78, 5) is 0. The quantitative estimate of drug-likeness (QED) is 0.450. The minimum Gasteiger partial charge on any atom is -0.344 e. The van der Waals surface area contributed by atoms with Crippen LogP contribution in [0.4, 0.5) is 0 Å². The summed E-state index contributed by atoms with van der Waals surface area (Å²) in [6.45, 7) is 2.22. The summed E-state index contributed by atoms with van der Waals surface area (Å²) < 4.78 is 0. The lowest BCUT2D eigenvalue weighted by molar-refractivity contribution is 0.989. The average molecular weight is 105 g/mol. The van der Waals surface area contributed by atoms with E-state index in [1.54, 1.807) is 0 Å². The summed E-state index contributed by atoms with van der Waals surface area (Å²) in [5.74, 6) is 0.915. The topological polar surface area (TPSA) is 35.0 Å². The molecule has 1 aliphatic carbocycles. The third-order valence-electron chi connectivity index (χ3n) is 1.07. The van der Waals surface area contributed by atoms with Crippen molar-refractivity contribution in [2.45, 2.75) is 18.6 Å². The first-order chi connectivity index (χ1) is 2.30. The van der Waals surface area contributed by atoms with Gasteiger partial charge in [0.15, 0.2) is 0 Å². The Morgan fingerprint density at radius 1 is 1.67 bits per heavy atom. The predicted octanol–water partition coefficient (Wildman–Crippen LogP) is 1.49. The van der Waals surface area contributed by atoms with E-state index in [4.69, 9.17) is 0 Å². The zero-order chi connectivity index (χ0) is 3.86. The number of rotatable bonds is 0. The van der Waals surface area contributed by atoms with Crippen molar-refractivity contribution in [2.75, 3.05) is 0 Å². The molecule has 0 heterocycles. The van der Waals surface area contributed by atoms with E-state index in [0.29, 0.717) is 0 Å². The van der Waals surface area contributed by atoms with E-state index in [0.717, 1.165) is 11.2 Å². The molecule has 0 aromatic heterocycles. The lowest BCUT2D eigenvalue weighted by Gasteiger charge is -1.66. The fourth-order valence-corrected chi connectivity index (χ4v) is 0.635. The standard InChI is InChI=1S/C4H8S.H3N/c1-3-2-4(3)5;/h3-5H,2H2,1H3;1H3. The molecule has 38 valence electrons. The van der Waals surface area contributed by atoms with Gasteiger partial charge < -0.3 is 6.15 Å². The number of hydrogen-bond acceptors (Lipinski definition) is 2. The van der Waals surface area contributed by atoms with Crippen molar-refractivity contribution >= 4 is 12.6 Å². The maximum atomic E-state index is 4.17. The number of thiol groups is 1. The van der Waals surface area contributed by atoms with E-state index in [9.17, 15) is 0 Å². The van der Waals surface area contributed by atoms with Gasteiger partial charge in [-0.3, -0.25) is 0 Å². The highest BCUT2D eigenvalue weighted by Crippen LogP contribution is 2.34. The van der Waals surface area contributed by atoms with Gasteiger partial charge in [0.05, 0.1) is 0 Å². The molecule has 0 aromatic rings. The second-order valence-electron chi connectivity index (χ2n) is 1.78. The molecular weight excluding hydrogens is 94.1 g/mol. The maximum Gasteiger partial charge on any atom is 0.00457 e. The Morgan fingerprint density at radius 3 is 1.83 bits per heavy atom. The summed E-state index contributed by atoms with van der Waals surface area (Å²) >= 11 is 4.17. The molecule has 0 amide bonds. The first kappa shape index (κ1) is 6.31. The molecule has 0 aromatic carbocycles. The molecule has 3 N–H and O–H groups in total. The highest BCUT2D eigenvalue weighted by Gasteiger charge is 2.27. The Bertz CT molecular complexity index is 40.8. The molecule has 0 aliphatic heterocycles. The molecule has 0 radical (unpaired) electrons. The molecule has 1 rings (SSSR count). The van der Waals surface area contributed by atoms with Crippen LogP contribution in [0.1, 0.15) is 13.3 Å². The third kappa shape index (κ3) is 1.19. The third-order valence-corrected chi connectivity index (χ3v) is 1.79. The van der Waals surface area contributed by atoms with Crippen LogP contribution in [0, 0.1) is 5.92 Å². The van der Waals surface area contributed by atoms with Crippen LogP contribution in [0.2, 0.25) is 0 Å².